The molecular formula is C36H51N3O4. The number of ketones is 1. The maximum atomic E-state index is 12.6. The van der Waals surface area contributed by atoms with Gasteiger partial charge in [0.15, 0.2) is 0 Å². The third-order valence-electron chi connectivity index (χ3n) is 10.1. The predicted molar refractivity (Wildman–Crippen MR) is 172 cm³/mol. The van der Waals surface area contributed by atoms with Crippen LogP contribution in [0, 0.1) is 17.8 Å². The molecule has 3 aliphatic rings. The van der Waals surface area contributed by atoms with Crippen molar-refractivity contribution in [1.82, 2.24) is 15.2 Å². The highest BCUT2D eigenvalue weighted by molar-refractivity contribution is 5.98. The molecule has 4 N–H and O–H groups in total. The zero-order valence-electron chi connectivity index (χ0n) is 26.1. The summed E-state index contributed by atoms with van der Waals surface area (Å²) >= 11 is 0. The number of hydrogen-bond donors (Lipinski definition) is 4. The number of carbonyl (C=O) groups excluding carboxylic acids is 2. The minimum absolute atomic E-state index is 0.0367. The molecule has 1 aliphatic heterocycles. The third-order valence-corrected chi connectivity index (χ3v) is 10.1. The number of amides is 1. The van der Waals surface area contributed by atoms with Crippen molar-refractivity contribution in [1.29, 1.82) is 0 Å². The lowest BCUT2D eigenvalue weighted by atomic mass is 9.80. The van der Waals surface area contributed by atoms with E-state index in [1.165, 1.54) is 27.6 Å². The van der Waals surface area contributed by atoms with E-state index in [4.69, 9.17) is 0 Å². The van der Waals surface area contributed by atoms with Crippen molar-refractivity contribution in [3.8, 4) is 0 Å². The molecule has 234 valence electrons. The van der Waals surface area contributed by atoms with E-state index in [1.54, 1.807) is 6.08 Å². The van der Waals surface area contributed by atoms with Crippen LogP contribution >= 0.6 is 0 Å². The minimum atomic E-state index is -0.577. The van der Waals surface area contributed by atoms with Gasteiger partial charge in [-0.1, -0.05) is 56.9 Å². The SMILES string of the molecule is CCCCC[C@H](O)CC[C@H]1[C@H](O)CC(=O)[C@@H]1CCCCC=CC(=O)NC[C@@H]1C=C2c3cccc4[nH]cc(c34)C[C@H]2N(C)C1. The van der Waals surface area contributed by atoms with Crippen molar-refractivity contribution >= 4 is 28.2 Å². The number of nitrogens with zero attached hydrogens (tertiary/aromatic N) is 1. The van der Waals surface area contributed by atoms with E-state index in [0.717, 1.165) is 64.3 Å². The van der Waals surface area contributed by atoms with Crippen LogP contribution in [-0.2, 0) is 16.0 Å². The van der Waals surface area contributed by atoms with Crippen molar-refractivity contribution in [3.63, 3.8) is 0 Å². The van der Waals surface area contributed by atoms with Crippen LogP contribution in [0.5, 0.6) is 0 Å². The molecule has 0 bridgehead atoms. The molecule has 7 nitrogen and oxygen atoms in total. The summed E-state index contributed by atoms with van der Waals surface area (Å²) in [5, 5.41) is 25.2. The molecule has 0 saturated heterocycles. The number of aromatic amines is 1. The number of Topliss-reactive ketones (excluding diaryl/α,β-unsaturated/α-hetero) is 1. The Bertz CT molecular complexity index is 1310. The lowest BCUT2D eigenvalue weighted by molar-refractivity contribution is -0.121. The maximum absolute atomic E-state index is 12.6. The molecule has 0 radical (unpaired) electrons. The normalized spacial score (nSPS) is 26.2. The standard InChI is InChI=1S/C36H51N3O4/c1-3-4-7-11-26(40)16-17-28-27(33(41)20-34(28)42)12-8-5-6-9-15-35(43)38-21-24-18-30-29-13-10-14-31-36(29)25(22-37-31)19-32(30)39(2)23-24/h9-10,13-15,18,22,24,26-28,32,34,37,40,42H,3-8,11-12,16-17,19-21,23H2,1-2H3,(H,38,43)/t24-,26-,27+,28+,32+,34+/m0/s1. The summed E-state index contributed by atoms with van der Waals surface area (Å²) in [6.07, 6.45) is 17.3. The third kappa shape index (κ3) is 7.68. The van der Waals surface area contributed by atoms with Gasteiger partial charge in [0.05, 0.1) is 12.2 Å². The average molecular weight is 590 g/mol. The van der Waals surface area contributed by atoms with Gasteiger partial charge >= 0.3 is 0 Å². The Hall–Kier alpha value is -2.74. The van der Waals surface area contributed by atoms with Crippen molar-refractivity contribution in [2.75, 3.05) is 20.1 Å². The Morgan fingerprint density at radius 2 is 2.02 bits per heavy atom. The summed E-state index contributed by atoms with van der Waals surface area (Å²) in [5.41, 5.74) is 5.26. The lowest BCUT2D eigenvalue weighted by Crippen LogP contribution is -2.45. The summed E-state index contributed by atoms with van der Waals surface area (Å²) in [4.78, 5) is 31.0. The van der Waals surface area contributed by atoms with Crippen LogP contribution in [0.25, 0.3) is 16.5 Å². The molecule has 1 aromatic heterocycles. The molecule has 5 rings (SSSR count). The van der Waals surface area contributed by atoms with E-state index >= 15 is 0 Å². The molecular weight excluding hydrogens is 538 g/mol. The first-order valence-electron chi connectivity index (χ1n) is 16.7. The molecule has 1 saturated carbocycles. The second-order valence-electron chi connectivity index (χ2n) is 13.3. The van der Waals surface area contributed by atoms with Crippen LogP contribution in [0.2, 0.25) is 0 Å². The molecule has 2 heterocycles. The number of H-pyrrole nitrogens is 1. The van der Waals surface area contributed by atoms with E-state index < -0.39 is 6.10 Å². The van der Waals surface area contributed by atoms with Crippen LogP contribution in [0.1, 0.15) is 88.7 Å². The van der Waals surface area contributed by atoms with Gasteiger partial charge in [-0.15, -0.1) is 0 Å². The van der Waals surface area contributed by atoms with Crippen molar-refractivity contribution in [3.05, 3.63) is 53.8 Å². The monoisotopic (exact) mass is 589 g/mol. The zero-order valence-corrected chi connectivity index (χ0v) is 26.1. The molecule has 2 aliphatic carbocycles. The molecule has 1 fully saturated rings. The largest absolute Gasteiger partial charge is 0.393 e. The summed E-state index contributed by atoms with van der Waals surface area (Å²) in [7, 11) is 2.18. The maximum Gasteiger partial charge on any atom is 0.243 e. The number of likely N-dealkylation sites (N-methyl/N-ethyl adjacent to an activating group) is 1. The first-order chi connectivity index (χ1) is 20.9. The summed E-state index contributed by atoms with van der Waals surface area (Å²) in [5.74, 6) is 0.223. The molecule has 0 spiro atoms. The van der Waals surface area contributed by atoms with Crippen molar-refractivity contribution < 1.29 is 19.8 Å². The number of allylic oxidation sites excluding steroid dienone is 1. The topological polar surface area (TPSA) is 106 Å². The second kappa shape index (κ2) is 14.8. The second-order valence-corrected chi connectivity index (χ2v) is 13.3. The Morgan fingerprint density at radius 1 is 1.16 bits per heavy atom. The Kier molecular flexibility index (Phi) is 10.9. The van der Waals surface area contributed by atoms with Gasteiger partial charge < -0.3 is 20.5 Å². The first-order valence-corrected chi connectivity index (χ1v) is 16.7. The van der Waals surface area contributed by atoms with E-state index in [9.17, 15) is 19.8 Å². The number of aliphatic hydroxyl groups excluding tert-OH is 2. The summed E-state index contributed by atoms with van der Waals surface area (Å²) in [6, 6.07) is 6.85. The molecule has 6 atom stereocenters. The van der Waals surface area contributed by atoms with Crippen LogP contribution in [0.15, 0.2) is 42.6 Å². The minimum Gasteiger partial charge on any atom is -0.393 e. The molecule has 7 heteroatoms. The number of rotatable bonds is 15. The fourth-order valence-electron chi connectivity index (χ4n) is 7.73. The highest BCUT2D eigenvalue weighted by Gasteiger charge is 2.40. The zero-order chi connectivity index (χ0) is 30.3. The van der Waals surface area contributed by atoms with Gasteiger partial charge in [-0.3, -0.25) is 14.5 Å². The first kappa shape index (κ1) is 31.7. The highest BCUT2D eigenvalue weighted by atomic mass is 16.3. The number of benzene rings is 1. The number of unbranched alkanes of at least 4 members (excludes halogenated alkanes) is 4. The Morgan fingerprint density at radius 3 is 2.86 bits per heavy atom. The number of aliphatic hydroxyl groups is 2. The molecule has 0 unspecified atom stereocenters. The van der Waals surface area contributed by atoms with E-state index in [-0.39, 0.29) is 42.0 Å². The molecule has 2 aromatic rings. The van der Waals surface area contributed by atoms with Crippen molar-refractivity contribution in [2.24, 2.45) is 17.8 Å². The lowest BCUT2D eigenvalue weighted by Gasteiger charge is -2.40. The van der Waals surface area contributed by atoms with Crippen LogP contribution < -0.4 is 5.32 Å². The molecule has 1 aromatic carbocycles. The summed E-state index contributed by atoms with van der Waals surface area (Å²) in [6.45, 7) is 3.68. The van der Waals surface area contributed by atoms with Crippen LogP contribution in [0.3, 0.4) is 0 Å². The Balaban J connectivity index is 1.03. The van der Waals surface area contributed by atoms with Crippen LogP contribution in [-0.4, -0.2) is 70.2 Å². The van der Waals surface area contributed by atoms with Gasteiger partial charge in [-0.2, -0.15) is 0 Å². The van der Waals surface area contributed by atoms with Gasteiger partial charge in [0, 0.05) is 54.5 Å². The van der Waals surface area contributed by atoms with E-state index in [1.807, 2.05) is 6.08 Å². The number of nitrogens with one attached hydrogen (secondary N) is 2. The van der Waals surface area contributed by atoms with Gasteiger partial charge in [0.1, 0.15) is 5.78 Å². The van der Waals surface area contributed by atoms with Crippen LogP contribution in [0.4, 0.5) is 0 Å². The van der Waals surface area contributed by atoms with E-state index in [2.05, 4.69) is 59.6 Å². The van der Waals surface area contributed by atoms with E-state index in [0.29, 0.717) is 25.4 Å². The number of hydrogen-bond acceptors (Lipinski definition) is 5. The van der Waals surface area contributed by atoms with Gasteiger partial charge in [0.25, 0.3) is 0 Å². The number of carbonyl (C=O) groups is 2. The molecule has 1 amide bonds. The Labute approximate surface area is 256 Å². The van der Waals surface area contributed by atoms with Gasteiger partial charge in [-0.05, 0) is 86.8 Å². The summed E-state index contributed by atoms with van der Waals surface area (Å²) < 4.78 is 0. The quantitative estimate of drug-likeness (QED) is 0.161. The van der Waals surface area contributed by atoms with Gasteiger partial charge in [-0.25, -0.2) is 0 Å². The molecule has 43 heavy (non-hydrogen) atoms. The number of fused-ring (bicyclic) bond motifs is 2. The smallest absolute Gasteiger partial charge is 0.243 e. The fourth-order valence-corrected chi connectivity index (χ4v) is 7.73. The average Bonchev–Trinajstić information content (AvgIpc) is 3.53. The van der Waals surface area contributed by atoms with Gasteiger partial charge in [0.2, 0.25) is 5.91 Å². The predicted octanol–water partition coefficient (Wildman–Crippen LogP) is 5.56. The van der Waals surface area contributed by atoms with Crippen molar-refractivity contribution in [2.45, 2.75) is 102 Å². The fraction of sp³-hybridized carbons (Fsp3) is 0.611. The number of aromatic nitrogens is 1. The highest BCUT2D eigenvalue weighted by Crippen LogP contribution is 2.41.